The standard InChI is InChI=1S/C15H22N4O/c1-4-12-11(10-19(3)18-12)9-17-13-7-6-8-14(15(13)16)20-5-2/h6-8,10,17H,4-5,9,16H2,1-3H3. The average Bonchev–Trinajstić information content (AvgIpc) is 2.80. The Labute approximate surface area is 119 Å². The highest BCUT2D eigenvalue weighted by atomic mass is 16.5. The Balaban J connectivity index is 2.12. The molecule has 2 aromatic rings. The maximum absolute atomic E-state index is 6.10. The lowest BCUT2D eigenvalue weighted by atomic mass is 10.2. The van der Waals surface area contributed by atoms with Crippen molar-refractivity contribution >= 4 is 11.4 Å². The molecule has 0 saturated carbocycles. The molecule has 0 spiro atoms. The number of benzene rings is 1. The summed E-state index contributed by atoms with van der Waals surface area (Å²) in [4.78, 5) is 0. The lowest BCUT2D eigenvalue weighted by molar-refractivity contribution is 0.342. The summed E-state index contributed by atoms with van der Waals surface area (Å²) in [6.07, 6.45) is 2.96. The summed E-state index contributed by atoms with van der Waals surface area (Å²) >= 11 is 0. The molecule has 20 heavy (non-hydrogen) atoms. The van der Waals surface area contributed by atoms with E-state index in [9.17, 15) is 0 Å². The van der Waals surface area contributed by atoms with E-state index >= 15 is 0 Å². The molecule has 0 radical (unpaired) electrons. The minimum absolute atomic E-state index is 0.607. The first-order valence-electron chi connectivity index (χ1n) is 6.92. The van der Waals surface area contributed by atoms with Crippen molar-refractivity contribution in [3.05, 3.63) is 35.7 Å². The topological polar surface area (TPSA) is 65.1 Å². The van der Waals surface area contributed by atoms with Crippen molar-refractivity contribution in [3.63, 3.8) is 0 Å². The maximum atomic E-state index is 6.10. The smallest absolute Gasteiger partial charge is 0.144 e. The molecule has 0 aliphatic carbocycles. The Morgan fingerprint density at radius 1 is 1.35 bits per heavy atom. The number of nitrogens with two attached hydrogens (primary N) is 1. The highest BCUT2D eigenvalue weighted by molar-refractivity contribution is 5.72. The van der Waals surface area contributed by atoms with Gasteiger partial charge in [-0.3, -0.25) is 4.68 Å². The van der Waals surface area contributed by atoms with Crippen molar-refractivity contribution < 1.29 is 4.74 Å². The van der Waals surface area contributed by atoms with E-state index in [0.29, 0.717) is 18.8 Å². The molecule has 3 N–H and O–H groups in total. The Bertz CT molecular complexity index is 577. The summed E-state index contributed by atoms with van der Waals surface area (Å²) in [5, 5.41) is 7.79. The molecule has 108 valence electrons. The summed E-state index contributed by atoms with van der Waals surface area (Å²) < 4.78 is 7.34. The number of aryl methyl sites for hydroxylation is 2. The molecular weight excluding hydrogens is 252 g/mol. The number of ether oxygens (including phenoxy) is 1. The quantitative estimate of drug-likeness (QED) is 0.795. The van der Waals surface area contributed by atoms with Crippen molar-refractivity contribution in [2.45, 2.75) is 26.8 Å². The van der Waals surface area contributed by atoms with Gasteiger partial charge in [-0.2, -0.15) is 5.10 Å². The molecular formula is C15H22N4O. The summed E-state index contributed by atoms with van der Waals surface area (Å²) in [5.74, 6) is 0.722. The Kier molecular flexibility index (Phi) is 4.50. The third kappa shape index (κ3) is 3.04. The van der Waals surface area contributed by atoms with Gasteiger partial charge in [-0.15, -0.1) is 0 Å². The summed E-state index contributed by atoms with van der Waals surface area (Å²) in [6, 6.07) is 5.78. The van der Waals surface area contributed by atoms with Crippen LogP contribution in [0.2, 0.25) is 0 Å². The molecule has 0 aliphatic rings. The molecule has 0 fully saturated rings. The first-order chi connectivity index (χ1) is 9.65. The highest BCUT2D eigenvalue weighted by Gasteiger charge is 2.08. The number of nitrogens with zero attached hydrogens (tertiary/aromatic N) is 2. The van der Waals surface area contributed by atoms with Crippen molar-refractivity contribution in [3.8, 4) is 5.75 Å². The first-order valence-corrected chi connectivity index (χ1v) is 6.92. The van der Waals surface area contributed by atoms with E-state index in [1.165, 1.54) is 5.56 Å². The second-order valence-corrected chi connectivity index (χ2v) is 4.63. The molecule has 1 aromatic carbocycles. The van der Waals surface area contributed by atoms with Crippen LogP contribution < -0.4 is 15.8 Å². The lowest BCUT2D eigenvalue weighted by Gasteiger charge is -2.13. The summed E-state index contributed by atoms with van der Waals surface area (Å²) in [7, 11) is 1.94. The monoisotopic (exact) mass is 274 g/mol. The fraction of sp³-hybridized carbons (Fsp3) is 0.400. The zero-order chi connectivity index (χ0) is 14.5. The van der Waals surface area contributed by atoms with E-state index in [4.69, 9.17) is 10.5 Å². The van der Waals surface area contributed by atoms with E-state index < -0.39 is 0 Å². The Hall–Kier alpha value is -2.17. The van der Waals surface area contributed by atoms with Crippen LogP contribution in [0.3, 0.4) is 0 Å². The predicted octanol–water partition coefficient (Wildman–Crippen LogP) is 2.58. The SMILES string of the molecule is CCOc1cccc(NCc2cn(C)nc2CC)c1N. The van der Waals surface area contributed by atoms with Gasteiger partial charge in [-0.1, -0.05) is 13.0 Å². The minimum atomic E-state index is 0.607. The van der Waals surface area contributed by atoms with Gasteiger partial charge in [0.2, 0.25) is 0 Å². The predicted molar refractivity (Wildman–Crippen MR) is 81.9 cm³/mol. The van der Waals surface area contributed by atoms with E-state index in [0.717, 1.165) is 23.6 Å². The second-order valence-electron chi connectivity index (χ2n) is 4.63. The summed E-state index contributed by atoms with van der Waals surface area (Å²) in [6.45, 7) is 5.37. The van der Waals surface area contributed by atoms with Crippen LogP contribution in [0.15, 0.2) is 24.4 Å². The average molecular weight is 274 g/mol. The van der Waals surface area contributed by atoms with E-state index in [-0.39, 0.29) is 0 Å². The van der Waals surface area contributed by atoms with Crippen LogP contribution in [0, 0.1) is 0 Å². The van der Waals surface area contributed by atoms with Crippen LogP contribution in [0.4, 0.5) is 11.4 Å². The zero-order valence-corrected chi connectivity index (χ0v) is 12.3. The molecule has 0 aliphatic heterocycles. The van der Waals surface area contributed by atoms with Crippen molar-refractivity contribution in [1.29, 1.82) is 0 Å². The van der Waals surface area contributed by atoms with Gasteiger partial charge >= 0.3 is 0 Å². The number of para-hydroxylation sites is 1. The van der Waals surface area contributed by atoms with Crippen molar-refractivity contribution in [1.82, 2.24) is 9.78 Å². The third-order valence-corrected chi connectivity index (χ3v) is 3.16. The van der Waals surface area contributed by atoms with Crippen LogP contribution >= 0.6 is 0 Å². The number of hydrogen-bond donors (Lipinski definition) is 2. The number of hydrogen-bond acceptors (Lipinski definition) is 4. The number of anilines is 2. The highest BCUT2D eigenvalue weighted by Crippen LogP contribution is 2.29. The minimum Gasteiger partial charge on any atom is -0.492 e. The third-order valence-electron chi connectivity index (χ3n) is 3.16. The molecule has 5 nitrogen and oxygen atoms in total. The number of nitrogens with one attached hydrogen (secondary N) is 1. The van der Waals surface area contributed by atoms with Crippen LogP contribution in [0.5, 0.6) is 5.75 Å². The normalized spacial score (nSPS) is 10.6. The van der Waals surface area contributed by atoms with E-state index in [1.54, 1.807) is 0 Å². The number of aromatic nitrogens is 2. The number of rotatable bonds is 6. The van der Waals surface area contributed by atoms with Gasteiger partial charge in [0, 0.05) is 25.4 Å². The van der Waals surface area contributed by atoms with Gasteiger partial charge in [0.25, 0.3) is 0 Å². The molecule has 1 aromatic heterocycles. The summed E-state index contributed by atoms with van der Waals surface area (Å²) in [5.41, 5.74) is 9.94. The molecule has 5 heteroatoms. The fourth-order valence-electron chi connectivity index (χ4n) is 2.20. The maximum Gasteiger partial charge on any atom is 0.144 e. The lowest BCUT2D eigenvalue weighted by Crippen LogP contribution is -2.05. The largest absolute Gasteiger partial charge is 0.492 e. The van der Waals surface area contributed by atoms with Gasteiger partial charge in [-0.05, 0) is 25.5 Å². The molecule has 0 atom stereocenters. The fourth-order valence-corrected chi connectivity index (χ4v) is 2.20. The van der Waals surface area contributed by atoms with Crippen LogP contribution in [0.25, 0.3) is 0 Å². The van der Waals surface area contributed by atoms with E-state index in [2.05, 4.69) is 17.3 Å². The van der Waals surface area contributed by atoms with Crippen LogP contribution in [-0.4, -0.2) is 16.4 Å². The van der Waals surface area contributed by atoms with Gasteiger partial charge < -0.3 is 15.8 Å². The number of nitrogen functional groups attached to an aromatic ring is 1. The van der Waals surface area contributed by atoms with E-state index in [1.807, 2.05) is 43.0 Å². The van der Waals surface area contributed by atoms with Crippen molar-refractivity contribution in [2.75, 3.05) is 17.7 Å². The molecule has 2 rings (SSSR count). The zero-order valence-electron chi connectivity index (χ0n) is 12.3. The van der Waals surface area contributed by atoms with Crippen LogP contribution in [-0.2, 0) is 20.0 Å². The molecule has 0 unspecified atom stereocenters. The van der Waals surface area contributed by atoms with Gasteiger partial charge in [0.05, 0.1) is 23.7 Å². The Morgan fingerprint density at radius 2 is 2.15 bits per heavy atom. The Morgan fingerprint density at radius 3 is 2.85 bits per heavy atom. The molecule has 0 saturated heterocycles. The van der Waals surface area contributed by atoms with Gasteiger partial charge in [-0.25, -0.2) is 0 Å². The molecule has 0 bridgehead atoms. The van der Waals surface area contributed by atoms with Crippen LogP contribution in [0.1, 0.15) is 25.1 Å². The molecule has 0 amide bonds. The molecule has 1 heterocycles. The van der Waals surface area contributed by atoms with Crippen molar-refractivity contribution in [2.24, 2.45) is 7.05 Å². The first kappa shape index (κ1) is 14.2. The van der Waals surface area contributed by atoms with Gasteiger partial charge in [0.15, 0.2) is 0 Å². The second kappa shape index (κ2) is 6.32. The van der Waals surface area contributed by atoms with Gasteiger partial charge in [0.1, 0.15) is 5.75 Å².